The van der Waals surface area contributed by atoms with Crippen molar-refractivity contribution in [3.8, 4) is 0 Å². The molecule has 0 spiro atoms. The third kappa shape index (κ3) is 1.91. The molecule has 22 heavy (non-hydrogen) atoms. The van der Waals surface area contributed by atoms with Gasteiger partial charge < -0.3 is 10.0 Å². The topological polar surface area (TPSA) is 26.7 Å². The van der Waals surface area contributed by atoms with Gasteiger partial charge in [-0.2, -0.15) is 0 Å². The zero-order chi connectivity index (χ0) is 14.8. The Hall–Kier alpha value is -0.650. The first-order chi connectivity index (χ1) is 10.7. The van der Waals surface area contributed by atoms with E-state index in [1.54, 1.807) is 11.3 Å². The Morgan fingerprint density at radius 1 is 1.27 bits per heavy atom. The second-order valence-electron chi connectivity index (χ2n) is 6.91. The first-order valence-electron chi connectivity index (χ1n) is 8.05. The van der Waals surface area contributed by atoms with E-state index in [1.807, 2.05) is 12.1 Å². The monoisotopic (exact) mass is 334 g/mol. The normalized spacial score (nSPS) is 35.4. The zero-order valence-corrected chi connectivity index (χ0v) is 13.9. The molecule has 5 heterocycles. The molecular weight excluding hydrogens is 316 g/mol. The Bertz CT molecular complexity index is 733. The maximum atomic E-state index is 11.0. The Morgan fingerprint density at radius 2 is 2.18 bits per heavy atom. The first kappa shape index (κ1) is 13.8. The minimum Gasteiger partial charge on any atom is -0.373 e. The lowest BCUT2D eigenvalue weighted by Crippen LogP contribution is -2.53. The van der Waals surface area contributed by atoms with Gasteiger partial charge >= 0.3 is 0 Å². The number of piperidine rings is 3. The molecule has 3 unspecified atom stereocenters. The van der Waals surface area contributed by atoms with Gasteiger partial charge in [-0.3, -0.25) is 4.90 Å². The smallest absolute Gasteiger partial charge is 0.143 e. The van der Waals surface area contributed by atoms with Crippen LogP contribution in [0, 0.1) is 11.8 Å². The number of hydrogen-bond donors (Lipinski definition) is 1. The van der Waals surface area contributed by atoms with Crippen molar-refractivity contribution in [3.63, 3.8) is 0 Å². The summed E-state index contributed by atoms with van der Waals surface area (Å²) in [6.07, 6.45) is 0.820. The predicted octanol–water partition coefficient (Wildman–Crippen LogP) is 3.18. The van der Waals surface area contributed by atoms with Gasteiger partial charge in [-0.1, -0.05) is 17.7 Å². The lowest BCUT2D eigenvalue weighted by Gasteiger charge is -2.45. The van der Waals surface area contributed by atoms with Gasteiger partial charge in [0, 0.05) is 45.7 Å². The van der Waals surface area contributed by atoms with Crippen LogP contribution in [-0.2, 0) is 0 Å². The molecule has 4 saturated heterocycles. The number of fused-ring (bicyclic) bond motifs is 2. The van der Waals surface area contributed by atoms with Gasteiger partial charge in [0.15, 0.2) is 0 Å². The average molecular weight is 335 g/mol. The number of aliphatic hydroxyl groups is 1. The van der Waals surface area contributed by atoms with E-state index < -0.39 is 6.23 Å². The summed E-state index contributed by atoms with van der Waals surface area (Å²) in [6.45, 7) is 4.64. The van der Waals surface area contributed by atoms with Gasteiger partial charge in [0.1, 0.15) is 6.23 Å². The number of nitrogens with zero attached hydrogens (tertiary/aromatic N) is 2. The van der Waals surface area contributed by atoms with Crippen molar-refractivity contribution in [2.45, 2.75) is 18.7 Å². The van der Waals surface area contributed by atoms with Crippen LogP contribution in [0.1, 0.15) is 17.5 Å². The molecule has 1 aromatic heterocycles. The van der Waals surface area contributed by atoms with Gasteiger partial charge in [-0.15, -0.1) is 11.3 Å². The fourth-order valence-corrected chi connectivity index (χ4v) is 6.15. The maximum absolute atomic E-state index is 11.0. The van der Waals surface area contributed by atoms with Crippen molar-refractivity contribution < 1.29 is 5.11 Å². The molecule has 0 radical (unpaired) electrons. The number of thiophene rings is 1. The molecule has 5 heteroatoms. The van der Waals surface area contributed by atoms with E-state index in [0.717, 1.165) is 44.9 Å². The summed E-state index contributed by atoms with van der Waals surface area (Å²) in [5, 5.41) is 12.8. The third-order valence-electron chi connectivity index (χ3n) is 5.78. The van der Waals surface area contributed by atoms with E-state index in [2.05, 4.69) is 21.9 Å². The molecule has 5 atom stereocenters. The highest BCUT2D eigenvalue weighted by molar-refractivity contribution is 7.19. The summed E-state index contributed by atoms with van der Waals surface area (Å²) < 4.78 is 1.16. The number of aliphatic hydroxyl groups excluding tert-OH is 1. The van der Waals surface area contributed by atoms with E-state index in [4.69, 9.17) is 11.6 Å². The van der Waals surface area contributed by atoms with Gasteiger partial charge in [-0.05, 0) is 43.0 Å². The van der Waals surface area contributed by atoms with Gasteiger partial charge in [0.05, 0.1) is 0 Å². The minimum atomic E-state index is -0.482. The van der Waals surface area contributed by atoms with Crippen molar-refractivity contribution >= 4 is 33.0 Å². The van der Waals surface area contributed by atoms with Crippen LogP contribution < -0.4 is 0 Å². The summed E-state index contributed by atoms with van der Waals surface area (Å²) in [6, 6.07) is 8.59. The van der Waals surface area contributed by atoms with E-state index in [1.165, 1.54) is 19.5 Å². The molecule has 116 valence electrons. The van der Waals surface area contributed by atoms with E-state index >= 15 is 0 Å². The van der Waals surface area contributed by atoms with Crippen LogP contribution in [0.4, 0.5) is 0 Å². The van der Waals surface area contributed by atoms with Crippen molar-refractivity contribution in [1.29, 1.82) is 0 Å². The summed E-state index contributed by atoms with van der Waals surface area (Å²) in [4.78, 5) is 5.94. The van der Waals surface area contributed by atoms with E-state index in [0.29, 0.717) is 6.04 Å². The average Bonchev–Trinajstić information content (AvgIpc) is 3.08. The molecule has 4 bridgehead atoms. The summed E-state index contributed by atoms with van der Waals surface area (Å²) in [5.41, 5.74) is 0. The van der Waals surface area contributed by atoms with Crippen molar-refractivity contribution in [2.75, 3.05) is 26.2 Å². The van der Waals surface area contributed by atoms with Crippen molar-refractivity contribution in [3.05, 3.63) is 34.2 Å². The number of rotatable bonds is 2. The fourth-order valence-electron chi connectivity index (χ4n) is 4.77. The molecule has 1 aromatic carbocycles. The Balaban J connectivity index is 1.48. The molecule has 0 saturated carbocycles. The lowest BCUT2D eigenvalue weighted by molar-refractivity contribution is -0.0308. The van der Waals surface area contributed by atoms with Crippen LogP contribution in [0.25, 0.3) is 10.1 Å². The van der Waals surface area contributed by atoms with Crippen LogP contribution in [0.3, 0.4) is 0 Å². The SMILES string of the molecule is OC(c1cc2c(Cl)cccc2s1)N1C[C@@H]2CN3CCC2[C@@H]1C3. The molecule has 2 aromatic rings. The second kappa shape index (κ2) is 4.92. The van der Waals surface area contributed by atoms with Crippen LogP contribution in [0.2, 0.25) is 5.02 Å². The standard InChI is InChI=1S/C17H19ClN2OS/c18-13-2-1-3-15-12(13)6-16(22-15)17(21)20-8-10-7-19-5-4-11(10)14(20)9-19/h1-3,6,10-11,14,17,21H,4-5,7-9H2/t10-,11?,14-,17?/m0/s1. The van der Waals surface area contributed by atoms with Crippen LogP contribution in [0.15, 0.2) is 24.3 Å². The van der Waals surface area contributed by atoms with Gasteiger partial charge in [0.2, 0.25) is 0 Å². The van der Waals surface area contributed by atoms with E-state index in [-0.39, 0.29) is 0 Å². The highest BCUT2D eigenvalue weighted by Gasteiger charge is 2.51. The molecular formula is C17H19ClN2OS. The quantitative estimate of drug-likeness (QED) is 0.913. The molecule has 4 aliphatic heterocycles. The Morgan fingerprint density at radius 3 is 2.95 bits per heavy atom. The molecule has 0 amide bonds. The number of hydrogen-bond acceptors (Lipinski definition) is 4. The van der Waals surface area contributed by atoms with Crippen molar-refractivity contribution in [1.82, 2.24) is 9.80 Å². The van der Waals surface area contributed by atoms with Crippen LogP contribution in [0.5, 0.6) is 0 Å². The molecule has 1 N–H and O–H groups in total. The summed E-state index contributed by atoms with van der Waals surface area (Å²) >= 11 is 7.95. The minimum absolute atomic E-state index is 0.482. The predicted molar refractivity (Wildman–Crippen MR) is 90.3 cm³/mol. The fraction of sp³-hybridized carbons (Fsp3) is 0.529. The second-order valence-corrected chi connectivity index (χ2v) is 8.43. The van der Waals surface area contributed by atoms with Gasteiger partial charge in [-0.25, -0.2) is 0 Å². The molecule has 0 aliphatic carbocycles. The third-order valence-corrected chi connectivity index (χ3v) is 7.25. The van der Waals surface area contributed by atoms with E-state index in [9.17, 15) is 5.11 Å². The molecule has 6 rings (SSSR count). The number of likely N-dealkylation sites (tertiary alicyclic amines) is 1. The lowest BCUT2D eigenvalue weighted by atomic mass is 9.80. The highest BCUT2D eigenvalue weighted by Crippen LogP contribution is 2.45. The summed E-state index contributed by atoms with van der Waals surface area (Å²) in [5.74, 6) is 1.54. The largest absolute Gasteiger partial charge is 0.373 e. The molecule has 4 aliphatic rings. The highest BCUT2D eigenvalue weighted by atomic mass is 35.5. The van der Waals surface area contributed by atoms with Crippen LogP contribution in [-0.4, -0.2) is 47.1 Å². The zero-order valence-electron chi connectivity index (χ0n) is 12.3. The Kier molecular flexibility index (Phi) is 3.08. The molecule has 4 fully saturated rings. The van der Waals surface area contributed by atoms with Crippen LogP contribution >= 0.6 is 22.9 Å². The maximum Gasteiger partial charge on any atom is 0.143 e. The Labute approximate surface area is 139 Å². The van der Waals surface area contributed by atoms with Gasteiger partial charge in [0.25, 0.3) is 0 Å². The number of halogens is 1. The molecule has 3 nitrogen and oxygen atoms in total. The first-order valence-corrected chi connectivity index (χ1v) is 9.24. The number of benzene rings is 1. The van der Waals surface area contributed by atoms with Crippen molar-refractivity contribution in [2.24, 2.45) is 11.8 Å². The summed E-state index contributed by atoms with van der Waals surface area (Å²) in [7, 11) is 0.